The Balaban J connectivity index is 1.95. The van der Waals surface area contributed by atoms with Crippen molar-refractivity contribution >= 4 is 17.3 Å². The highest BCUT2D eigenvalue weighted by molar-refractivity contribution is 6.30. The van der Waals surface area contributed by atoms with Gasteiger partial charge in [-0.3, -0.25) is 0 Å². The third-order valence-corrected chi connectivity index (χ3v) is 3.71. The minimum absolute atomic E-state index is 0.0792. The number of anilines is 1. The summed E-state index contributed by atoms with van der Waals surface area (Å²) in [5.74, 6) is 0.842. The molecule has 0 fully saturated rings. The van der Waals surface area contributed by atoms with Gasteiger partial charge in [0, 0.05) is 10.7 Å². The highest BCUT2D eigenvalue weighted by Crippen LogP contribution is 2.21. The number of benzene rings is 2. The zero-order chi connectivity index (χ0) is 15.2. The topological polar surface area (TPSA) is 21.3 Å². The van der Waals surface area contributed by atoms with Gasteiger partial charge in [0.25, 0.3) is 0 Å². The molecule has 0 saturated carbocycles. The number of ether oxygens (including phenoxy) is 1. The molecule has 1 N–H and O–H groups in total. The van der Waals surface area contributed by atoms with Gasteiger partial charge in [0.1, 0.15) is 11.9 Å². The number of nitrogens with one attached hydrogen (secondary N) is 1. The fourth-order valence-corrected chi connectivity index (χ4v) is 2.44. The van der Waals surface area contributed by atoms with Gasteiger partial charge in [-0.05, 0) is 55.7 Å². The maximum Gasteiger partial charge on any atom is 0.119 e. The van der Waals surface area contributed by atoms with Gasteiger partial charge < -0.3 is 10.1 Å². The summed E-state index contributed by atoms with van der Waals surface area (Å²) >= 11 is 5.87. The second kappa shape index (κ2) is 7.37. The molecule has 3 heteroatoms. The molecule has 2 rings (SSSR count). The Kier molecular flexibility index (Phi) is 5.51. The maximum absolute atomic E-state index is 5.88. The molecule has 0 bridgehead atoms. The Morgan fingerprint density at radius 1 is 1.14 bits per heavy atom. The van der Waals surface area contributed by atoms with E-state index in [0.29, 0.717) is 0 Å². The van der Waals surface area contributed by atoms with Crippen LogP contribution in [0.3, 0.4) is 0 Å². The molecule has 2 aromatic carbocycles. The van der Waals surface area contributed by atoms with Crippen LogP contribution in [0.1, 0.15) is 25.0 Å². The van der Waals surface area contributed by atoms with Crippen LogP contribution in [0.4, 0.5) is 5.69 Å². The Morgan fingerprint density at radius 2 is 1.86 bits per heavy atom. The van der Waals surface area contributed by atoms with Gasteiger partial charge in [-0.2, -0.15) is 0 Å². The molecule has 1 atom stereocenters. The second-order valence-electron chi connectivity index (χ2n) is 5.23. The SMILES string of the molecule is CCc1cccc(C)c1NCC(C)Oc1ccc(Cl)cc1. The lowest BCUT2D eigenvalue weighted by Crippen LogP contribution is -2.23. The van der Waals surface area contributed by atoms with Crippen molar-refractivity contribution in [2.75, 3.05) is 11.9 Å². The lowest BCUT2D eigenvalue weighted by molar-refractivity contribution is 0.234. The summed E-state index contributed by atoms with van der Waals surface area (Å²) in [5, 5.41) is 4.24. The first-order valence-corrected chi connectivity index (χ1v) is 7.72. The first-order chi connectivity index (χ1) is 10.1. The second-order valence-corrected chi connectivity index (χ2v) is 5.66. The third-order valence-electron chi connectivity index (χ3n) is 3.46. The standard InChI is InChI=1S/C18H22ClNO/c1-4-15-7-5-6-13(2)18(15)20-12-14(3)21-17-10-8-16(19)9-11-17/h5-11,14,20H,4,12H2,1-3H3. The number of halogens is 1. The summed E-state index contributed by atoms with van der Waals surface area (Å²) < 4.78 is 5.88. The summed E-state index contributed by atoms with van der Waals surface area (Å²) in [6.45, 7) is 7.13. The van der Waals surface area contributed by atoms with E-state index >= 15 is 0 Å². The Bertz CT molecular complexity index is 580. The molecular formula is C18H22ClNO. The van der Waals surface area contributed by atoms with Crippen molar-refractivity contribution in [3.05, 3.63) is 58.6 Å². The predicted octanol–water partition coefficient (Wildman–Crippen LogP) is 5.09. The molecule has 0 aliphatic carbocycles. The number of aryl methyl sites for hydroxylation is 2. The van der Waals surface area contributed by atoms with Gasteiger partial charge in [-0.1, -0.05) is 36.7 Å². The van der Waals surface area contributed by atoms with E-state index in [-0.39, 0.29) is 6.10 Å². The van der Waals surface area contributed by atoms with Gasteiger partial charge in [0.15, 0.2) is 0 Å². The van der Waals surface area contributed by atoms with Crippen molar-refractivity contribution in [2.24, 2.45) is 0 Å². The van der Waals surface area contributed by atoms with Crippen LogP contribution >= 0.6 is 11.6 Å². The van der Waals surface area contributed by atoms with E-state index in [2.05, 4.69) is 44.3 Å². The molecule has 1 unspecified atom stereocenters. The number of hydrogen-bond acceptors (Lipinski definition) is 2. The summed E-state index contributed by atoms with van der Waals surface area (Å²) in [7, 11) is 0. The molecule has 0 amide bonds. The normalized spacial score (nSPS) is 12.0. The molecule has 2 nitrogen and oxygen atoms in total. The quantitative estimate of drug-likeness (QED) is 0.802. The highest BCUT2D eigenvalue weighted by atomic mass is 35.5. The third kappa shape index (κ3) is 4.40. The van der Waals surface area contributed by atoms with E-state index in [1.807, 2.05) is 24.3 Å². The fraction of sp³-hybridized carbons (Fsp3) is 0.333. The van der Waals surface area contributed by atoms with Gasteiger partial charge in [0.05, 0.1) is 6.54 Å². The molecule has 0 spiro atoms. The predicted molar refractivity (Wildman–Crippen MR) is 90.6 cm³/mol. The van der Waals surface area contributed by atoms with Crippen LogP contribution in [-0.2, 0) is 6.42 Å². The Labute approximate surface area is 132 Å². The minimum atomic E-state index is 0.0792. The van der Waals surface area contributed by atoms with Gasteiger partial charge in [-0.15, -0.1) is 0 Å². The highest BCUT2D eigenvalue weighted by Gasteiger charge is 2.08. The fourth-order valence-electron chi connectivity index (χ4n) is 2.31. The molecule has 0 saturated heterocycles. The number of hydrogen-bond donors (Lipinski definition) is 1. The molecular weight excluding hydrogens is 282 g/mol. The van der Waals surface area contributed by atoms with Crippen LogP contribution in [0, 0.1) is 6.92 Å². The zero-order valence-electron chi connectivity index (χ0n) is 12.8. The summed E-state index contributed by atoms with van der Waals surface area (Å²) in [6.07, 6.45) is 1.10. The summed E-state index contributed by atoms with van der Waals surface area (Å²) in [4.78, 5) is 0. The first-order valence-electron chi connectivity index (χ1n) is 7.34. The van der Waals surface area contributed by atoms with E-state index in [9.17, 15) is 0 Å². The molecule has 0 aromatic heterocycles. The average molecular weight is 304 g/mol. The smallest absolute Gasteiger partial charge is 0.119 e. The first kappa shape index (κ1) is 15.7. The van der Waals surface area contributed by atoms with E-state index in [0.717, 1.165) is 23.7 Å². The van der Waals surface area contributed by atoms with E-state index in [1.54, 1.807) is 0 Å². The Hall–Kier alpha value is -1.67. The van der Waals surface area contributed by atoms with Crippen LogP contribution in [0.2, 0.25) is 5.02 Å². The maximum atomic E-state index is 5.88. The van der Waals surface area contributed by atoms with Crippen LogP contribution in [-0.4, -0.2) is 12.6 Å². The molecule has 0 aliphatic heterocycles. The molecule has 21 heavy (non-hydrogen) atoms. The van der Waals surface area contributed by atoms with Crippen molar-refractivity contribution in [1.82, 2.24) is 0 Å². The van der Waals surface area contributed by atoms with Gasteiger partial charge in [-0.25, -0.2) is 0 Å². The molecule has 2 aromatic rings. The molecule has 0 heterocycles. The average Bonchev–Trinajstić information content (AvgIpc) is 2.48. The molecule has 0 radical (unpaired) electrons. The summed E-state index contributed by atoms with van der Waals surface area (Å²) in [5.41, 5.74) is 3.84. The van der Waals surface area contributed by atoms with Crippen molar-refractivity contribution in [3.8, 4) is 5.75 Å². The minimum Gasteiger partial charge on any atom is -0.489 e. The van der Waals surface area contributed by atoms with Crippen molar-refractivity contribution in [3.63, 3.8) is 0 Å². The summed E-state index contributed by atoms with van der Waals surface area (Å²) in [6, 6.07) is 13.9. The van der Waals surface area contributed by atoms with Gasteiger partial charge in [0.2, 0.25) is 0 Å². The van der Waals surface area contributed by atoms with Crippen LogP contribution in [0.15, 0.2) is 42.5 Å². The van der Waals surface area contributed by atoms with Crippen LogP contribution in [0.5, 0.6) is 5.75 Å². The van der Waals surface area contributed by atoms with E-state index < -0.39 is 0 Å². The molecule has 112 valence electrons. The zero-order valence-corrected chi connectivity index (χ0v) is 13.6. The lowest BCUT2D eigenvalue weighted by Gasteiger charge is -2.19. The van der Waals surface area contributed by atoms with Crippen molar-refractivity contribution in [2.45, 2.75) is 33.3 Å². The van der Waals surface area contributed by atoms with Crippen LogP contribution < -0.4 is 10.1 Å². The Morgan fingerprint density at radius 3 is 2.52 bits per heavy atom. The lowest BCUT2D eigenvalue weighted by atomic mass is 10.1. The van der Waals surface area contributed by atoms with Gasteiger partial charge >= 0.3 is 0 Å². The molecule has 0 aliphatic rings. The number of rotatable bonds is 6. The van der Waals surface area contributed by atoms with Crippen LogP contribution in [0.25, 0.3) is 0 Å². The van der Waals surface area contributed by atoms with Crippen molar-refractivity contribution in [1.29, 1.82) is 0 Å². The van der Waals surface area contributed by atoms with E-state index in [1.165, 1.54) is 16.8 Å². The monoisotopic (exact) mass is 303 g/mol. The van der Waals surface area contributed by atoms with Crippen molar-refractivity contribution < 1.29 is 4.74 Å². The number of para-hydroxylation sites is 1. The largest absolute Gasteiger partial charge is 0.489 e. The van der Waals surface area contributed by atoms with E-state index in [4.69, 9.17) is 16.3 Å².